The van der Waals surface area contributed by atoms with Crippen LogP contribution < -0.4 is 10.1 Å². The van der Waals surface area contributed by atoms with Crippen LogP contribution in [-0.4, -0.2) is 36.4 Å². The third kappa shape index (κ3) is 5.09. The molecule has 2 rings (SSSR count). The third-order valence-corrected chi connectivity index (χ3v) is 4.08. The molecule has 1 N–H and O–H groups in total. The molecule has 0 saturated heterocycles. The van der Waals surface area contributed by atoms with Gasteiger partial charge in [-0.15, -0.1) is 0 Å². The molecule has 2 aromatic carbocycles. The standard InChI is InChI=1S/C21H26N2O3/c1-14(2)26-18-11-9-17(10-12-18)21(25)23(5)13-20(24)22-19-8-6-7-15(3)16(19)4/h6-12,14H,13H2,1-5H3,(H,22,24). The van der Waals surface area contributed by atoms with E-state index in [1.807, 2.05) is 45.9 Å². The Bertz CT molecular complexity index is 782. The van der Waals surface area contributed by atoms with Crippen molar-refractivity contribution in [2.24, 2.45) is 0 Å². The van der Waals surface area contributed by atoms with E-state index in [0.717, 1.165) is 16.8 Å². The summed E-state index contributed by atoms with van der Waals surface area (Å²) in [5, 5.41) is 2.87. The number of aryl methyl sites for hydroxylation is 1. The van der Waals surface area contributed by atoms with E-state index in [2.05, 4.69) is 5.32 Å². The monoisotopic (exact) mass is 354 g/mol. The first-order valence-corrected chi connectivity index (χ1v) is 8.66. The van der Waals surface area contributed by atoms with Gasteiger partial charge in [-0.1, -0.05) is 12.1 Å². The van der Waals surface area contributed by atoms with Gasteiger partial charge in [0.05, 0.1) is 12.6 Å². The zero-order valence-electron chi connectivity index (χ0n) is 16.0. The van der Waals surface area contributed by atoms with E-state index < -0.39 is 0 Å². The van der Waals surface area contributed by atoms with Crippen LogP contribution in [0.3, 0.4) is 0 Å². The molecule has 0 heterocycles. The molecule has 5 nitrogen and oxygen atoms in total. The van der Waals surface area contributed by atoms with Crippen LogP contribution in [0.15, 0.2) is 42.5 Å². The van der Waals surface area contributed by atoms with Crippen LogP contribution in [0.1, 0.15) is 35.3 Å². The number of hydrogen-bond acceptors (Lipinski definition) is 3. The molecule has 0 aliphatic carbocycles. The molecule has 5 heteroatoms. The van der Waals surface area contributed by atoms with E-state index in [-0.39, 0.29) is 24.5 Å². The number of carbonyl (C=O) groups is 2. The fraction of sp³-hybridized carbons (Fsp3) is 0.333. The summed E-state index contributed by atoms with van der Waals surface area (Å²) < 4.78 is 5.57. The fourth-order valence-electron chi connectivity index (χ4n) is 2.53. The van der Waals surface area contributed by atoms with Crippen molar-refractivity contribution in [3.63, 3.8) is 0 Å². The molecule has 0 aromatic heterocycles. The summed E-state index contributed by atoms with van der Waals surface area (Å²) in [4.78, 5) is 26.2. The van der Waals surface area contributed by atoms with Crippen LogP contribution >= 0.6 is 0 Å². The second-order valence-electron chi connectivity index (χ2n) is 6.65. The molecule has 2 aromatic rings. The minimum Gasteiger partial charge on any atom is -0.491 e. The highest BCUT2D eigenvalue weighted by Crippen LogP contribution is 2.18. The summed E-state index contributed by atoms with van der Waals surface area (Å²) in [7, 11) is 1.61. The summed E-state index contributed by atoms with van der Waals surface area (Å²) >= 11 is 0. The number of amides is 2. The lowest BCUT2D eigenvalue weighted by Crippen LogP contribution is -2.35. The van der Waals surface area contributed by atoms with Crippen LogP contribution in [0.4, 0.5) is 5.69 Å². The van der Waals surface area contributed by atoms with Gasteiger partial charge < -0.3 is 15.0 Å². The van der Waals surface area contributed by atoms with Crippen molar-refractivity contribution in [2.45, 2.75) is 33.8 Å². The Kier molecular flexibility index (Phi) is 6.39. The molecule has 2 amide bonds. The van der Waals surface area contributed by atoms with Crippen molar-refractivity contribution in [1.82, 2.24) is 4.90 Å². The van der Waals surface area contributed by atoms with Gasteiger partial charge >= 0.3 is 0 Å². The second kappa shape index (κ2) is 8.52. The van der Waals surface area contributed by atoms with Gasteiger partial charge in [0.25, 0.3) is 5.91 Å². The van der Waals surface area contributed by atoms with Crippen molar-refractivity contribution in [1.29, 1.82) is 0 Å². The highest BCUT2D eigenvalue weighted by molar-refractivity contribution is 5.99. The molecule has 0 fully saturated rings. The van der Waals surface area contributed by atoms with Gasteiger partial charge in [0.15, 0.2) is 0 Å². The van der Waals surface area contributed by atoms with Crippen molar-refractivity contribution < 1.29 is 14.3 Å². The predicted molar refractivity (Wildman–Crippen MR) is 104 cm³/mol. The van der Waals surface area contributed by atoms with Crippen molar-refractivity contribution in [2.75, 3.05) is 18.9 Å². The molecule has 26 heavy (non-hydrogen) atoms. The molecule has 0 spiro atoms. The van der Waals surface area contributed by atoms with Crippen LogP contribution in [0, 0.1) is 13.8 Å². The van der Waals surface area contributed by atoms with Gasteiger partial charge in [0.1, 0.15) is 5.75 Å². The van der Waals surface area contributed by atoms with Gasteiger partial charge in [-0.25, -0.2) is 0 Å². The number of hydrogen-bond donors (Lipinski definition) is 1. The molecule has 0 unspecified atom stereocenters. The quantitative estimate of drug-likeness (QED) is 0.858. The van der Waals surface area contributed by atoms with E-state index >= 15 is 0 Å². The topological polar surface area (TPSA) is 58.6 Å². The molecule has 138 valence electrons. The minimum atomic E-state index is -0.227. The van der Waals surface area contributed by atoms with Crippen molar-refractivity contribution in [3.05, 3.63) is 59.2 Å². The molecule has 0 radical (unpaired) electrons. The Morgan fingerprint density at radius 2 is 1.73 bits per heavy atom. The molecule has 0 bridgehead atoms. The van der Waals surface area contributed by atoms with Gasteiger partial charge in [-0.2, -0.15) is 0 Å². The maximum absolute atomic E-state index is 12.5. The lowest BCUT2D eigenvalue weighted by atomic mass is 10.1. The van der Waals surface area contributed by atoms with Gasteiger partial charge in [-0.3, -0.25) is 9.59 Å². The first-order valence-electron chi connectivity index (χ1n) is 8.66. The fourth-order valence-corrected chi connectivity index (χ4v) is 2.53. The van der Waals surface area contributed by atoms with Crippen LogP contribution in [0.5, 0.6) is 5.75 Å². The largest absolute Gasteiger partial charge is 0.491 e. The lowest BCUT2D eigenvalue weighted by molar-refractivity contribution is -0.116. The molecule has 0 aliphatic rings. The average molecular weight is 354 g/mol. The molecule has 0 atom stereocenters. The molecular formula is C21H26N2O3. The SMILES string of the molecule is Cc1cccc(NC(=O)CN(C)C(=O)c2ccc(OC(C)C)cc2)c1C. The normalized spacial score (nSPS) is 10.5. The summed E-state index contributed by atoms with van der Waals surface area (Å²) in [5.41, 5.74) is 3.42. The predicted octanol–water partition coefficient (Wildman–Crippen LogP) is 3.80. The zero-order chi connectivity index (χ0) is 19.3. The van der Waals surface area contributed by atoms with E-state index in [9.17, 15) is 9.59 Å². The Labute approximate surface area is 155 Å². The number of benzene rings is 2. The second-order valence-corrected chi connectivity index (χ2v) is 6.65. The van der Waals surface area contributed by atoms with Gasteiger partial charge in [-0.05, 0) is 69.2 Å². The highest BCUT2D eigenvalue weighted by Gasteiger charge is 2.16. The van der Waals surface area contributed by atoms with Gasteiger partial charge in [0.2, 0.25) is 5.91 Å². The number of nitrogens with zero attached hydrogens (tertiary/aromatic N) is 1. The molecule has 0 saturated carbocycles. The summed E-state index contributed by atoms with van der Waals surface area (Å²) in [5.74, 6) is 0.276. The van der Waals surface area contributed by atoms with E-state index in [0.29, 0.717) is 11.3 Å². The molecular weight excluding hydrogens is 328 g/mol. The Morgan fingerprint density at radius 1 is 1.08 bits per heavy atom. The summed E-state index contributed by atoms with van der Waals surface area (Å²) in [6.45, 7) is 7.83. The van der Waals surface area contributed by atoms with Crippen molar-refractivity contribution in [3.8, 4) is 5.75 Å². The average Bonchev–Trinajstić information content (AvgIpc) is 2.58. The minimum absolute atomic E-state index is 0.0174. The summed E-state index contributed by atoms with van der Waals surface area (Å²) in [6.07, 6.45) is 0.0769. The number of carbonyl (C=O) groups excluding carboxylic acids is 2. The van der Waals surface area contributed by atoms with E-state index in [1.165, 1.54) is 4.90 Å². The molecule has 0 aliphatic heterocycles. The Balaban J connectivity index is 1.97. The van der Waals surface area contributed by atoms with E-state index in [4.69, 9.17) is 4.74 Å². The van der Waals surface area contributed by atoms with Crippen molar-refractivity contribution >= 4 is 17.5 Å². The highest BCUT2D eigenvalue weighted by atomic mass is 16.5. The summed E-state index contributed by atoms with van der Waals surface area (Å²) in [6, 6.07) is 12.7. The Hall–Kier alpha value is -2.82. The maximum atomic E-state index is 12.5. The number of likely N-dealkylation sites (N-methyl/N-ethyl adjacent to an activating group) is 1. The maximum Gasteiger partial charge on any atom is 0.254 e. The van der Waals surface area contributed by atoms with E-state index in [1.54, 1.807) is 31.3 Å². The smallest absolute Gasteiger partial charge is 0.254 e. The first kappa shape index (κ1) is 19.5. The third-order valence-electron chi connectivity index (χ3n) is 4.08. The van der Waals surface area contributed by atoms with Crippen LogP contribution in [0.2, 0.25) is 0 Å². The number of rotatable bonds is 6. The Morgan fingerprint density at radius 3 is 2.35 bits per heavy atom. The number of ether oxygens (including phenoxy) is 1. The first-order chi connectivity index (χ1) is 12.3. The zero-order valence-corrected chi connectivity index (χ0v) is 16.0. The number of anilines is 1. The van der Waals surface area contributed by atoms with Gasteiger partial charge in [0, 0.05) is 18.3 Å². The van der Waals surface area contributed by atoms with Crippen LogP contribution in [-0.2, 0) is 4.79 Å². The lowest BCUT2D eigenvalue weighted by Gasteiger charge is -2.18. The number of nitrogens with one attached hydrogen (secondary N) is 1. The van der Waals surface area contributed by atoms with Crippen LogP contribution in [0.25, 0.3) is 0 Å².